The Hall–Kier alpha value is -3.29. The highest BCUT2D eigenvalue weighted by molar-refractivity contribution is 6.09. The molecule has 28 heavy (non-hydrogen) atoms. The second kappa shape index (κ2) is 7.38. The zero-order valence-electron chi connectivity index (χ0n) is 15.3. The summed E-state index contributed by atoms with van der Waals surface area (Å²) in [5.74, 6) is -2.71. The molecule has 0 unspecified atom stereocenters. The first-order valence-electron chi connectivity index (χ1n) is 8.66. The lowest BCUT2D eigenvalue weighted by molar-refractivity contribution is -0.135. The number of carbonyl (C=O) groups excluding carboxylic acids is 3. The summed E-state index contributed by atoms with van der Waals surface area (Å²) in [5.41, 5.74) is -0.577. The number of urea groups is 1. The highest BCUT2D eigenvalue weighted by Crippen LogP contribution is 2.28. The average molecular weight is 387 g/mol. The van der Waals surface area contributed by atoms with E-state index in [0.717, 1.165) is 17.0 Å². The van der Waals surface area contributed by atoms with Crippen LogP contribution in [0.5, 0.6) is 0 Å². The lowest BCUT2D eigenvalue weighted by Gasteiger charge is -2.22. The number of nitrogens with zero attached hydrogens (tertiary/aromatic N) is 1. The van der Waals surface area contributed by atoms with Gasteiger partial charge in [0.15, 0.2) is 0 Å². The van der Waals surface area contributed by atoms with Gasteiger partial charge in [-0.25, -0.2) is 13.6 Å². The molecule has 2 aromatic carbocycles. The molecule has 0 aliphatic carbocycles. The number of rotatable bonds is 5. The van der Waals surface area contributed by atoms with Gasteiger partial charge in [0.25, 0.3) is 5.91 Å². The number of carbonyl (C=O) groups is 3. The van der Waals surface area contributed by atoms with Crippen LogP contribution in [-0.2, 0) is 15.1 Å². The van der Waals surface area contributed by atoms with Crippen molar-refractivity contribution < 1.29 is 23.2 Å². The van der Waals surface area contributed by atoms with Crippen LogP contribution in [0.3, 0.4) is 0 Å². The van der Waals surface area contributed by atoms with Gasteiger partial charge >= 0.3 is 6.03 Å². The Morgan fingerprint density at radius 2 is 1.86 bits per heavy atom. The minimum absolute atomic E-state index is 0.0982. The minimum atomic E-state index is -1.27. The first-order chi connectivity index (χ1) is 13.2. The van der Waals surface area contributed by atoms with Gasteiger partial charge in [-0.15, -0.1) is 0 Å². The predicted octanol–water partition coefficient (Wildman–Crippen LogP) is 2.61. The quantitative estimate of drug-likeness (QED) is 0.774. The van der Waals surface area contributed by atoms with Crippen molar-refractivity contribution in [1.82, 2.24) is 15.5 Å². The fraction of sp³-hybridized carbons (Fsp3) is 0.250. The van der Waals surface area contributed by atoms with Crippen LogP contribution >= 0.6 is 0 Å². The zero-order chi connectivity index (χ0) is 20.5. The first-order valence-corrected chi connectivity index (χ1v) is 8.66. The Balaban J connectivity index is 1.70. The molecule has 2 aromatic rings. The van der Waals surface area contributed by atoms with Gasteiger partial charge in [-0.1, -0.05) is 36.4 Å². The van der Waals surface area contributed by atoms with E-state index in [1.807, 2.05) is 0 Å². The highest BCUT2D eigenvalue weighted by atomic mass is 19.1. The van der Waals surface area contributed by atoms with E-state index in [1.165, 1.54) is 13.0 Å². The second-order valence-electron chi connectivity index (χ2n) is 6.77. The van der Waals surface area contributed by atoms with E-state index in [-0.39, 0.29) is 5.56 Å². The molecule has 1 aliphatic heterocycles. The van der Waals surface area contributed by atoms with Crippen molar-refractivity contribution in [3.8, 4) is 0 Å². The number of nitrogens with one attached hydrogen (secondary N) is 2. The second-order valence-corrected chi connectivity index (χ2v) is 6.77. The van der Waals surface area contributed by atoms with Crippen LogP contribution in [0.1, 0.15) is 31.0 Å². The fourth-order valence-electron chi connectivity index (χ4n) is 3.17. The van der Waals surface area contributed by atoms with E-state index in [1.54, 1.807) is 37.3 Å². The van der Waals surface area contributed by atoms with E-state index >= 15 is 0 Å². The van der Waals surface area contributed by atoms with Crippen LogP contribution in [0.2, 0.25) is 0 Å². The van der Waals surface area contributed by atoms with Crippen molar-refractivity contribution in [2.24, 2.45) is 0 Å². The number of hydrogen-bond acceptors (Lipinski definition) is 3. The molecule has 1 heterocycles. The number of imide groups is 1. The average Bonchev–Trinajstić information content (AvgIpc) is 2.86. The number of halogens is 2. The molecule has 1 fully saturated rings. The van der Waals surface area contributed by atoms with Gasteiger partial charge in [-0.05, 0) is 25.5 Å². The van der Waals surface area contributed by atoms with E-state index < -0.39 is 47.6 Å². The Bertz CT molecular complexity index is 936. The van der Waals surface area contributed by atoms with Gasteiger partial charge in [-0.3, -0.25) is 14.5 Å². The van der Waals surface area contributed by atoms with Gasteiger partial charge < -0.3 is 10.6 Å². The molecule has 146 valence electrons. The van der Waals surface area contributed by atoms with E-state index in [0.29, 0.717) is 5.56 Å². The van der Waals surface area contributed by atoms with Crippen molar-refractivity contribution in [3.63, 3.8) is 0 Å². The number of hydrogen-bond donors (Lipinski definition) is 2. The molecule has 1 aliphatic rings. The largest absolute Gasteiger partial charge is 0.348 e. The van der Waals surface area contributed by atoms with Crippen molar-refractivity contribution in [3.05, 3.63) is 71.3 Å². The summed E-state index contributed by atoms with van der Waals surface area (Å²) in [6.45, 7) is 2.57. The van der Waals surface area contributed by atoms with E-state index in [9.17, 15) is 23.2 Å². The molecule has 0 aromatic heterocycles. The molecule has 1 saturated heterocycles. The third kappa shape index (κ3) is 3.58. The number of benzene rings is 2. The van der Waals surface area contributed by atoms with Crippen LogP contribution in [0.25, 0.3) is 0 Å². The van der Waals surface area contributed by atoms with E-state index in [4.69, 9.17) is 0 Å². The van der Waals surface area contributed by atoms with Crippen molar-refractivity contribution in [2.45, 2.75) is 25.4 Å². The summed E-state index contributed by atoms with van der Waals surface area (Å²) < 4.78 is 26.9. The van der Waals surface area contributed by atoms with Crippen LogP contribution < -0.4 is 10.6 Å². The maximum atomic E-state index is 13.8. The topological polar surface area (TPSA) is 78.5 Å². The smallest absolute Gasteiger partial charge is 0.325 e. The summed E-state index contributed by atoms with van der Waals surface area (Å²) in [5, 5.41) is 5.12. The van der Waals surface area contributed by atoms with Gasteiger partial charge in [0.1, 0.15) is 23.7 Å². The minimum Gasteiger partial charge on any atom is -0.348 e. The molecular formula is C20H19F2N3O3. The summed E-state index contributed by atoms with van der Waals surface area (Å²) >= 11 is 0. The molecule has 3 rings (SSSR count). The van der Waals surface area contributed by atoms with Crippen LogP contribution in [0, 0.1) is 11.6 Å². The van der Waals surface area contributed by atoms with Crippen LogP contribution in [0.4, 0.5) is 13.6 Å². The van der Waals surface area contributed by atoms with Crippen molar-refractivity contribution in [1.29, 1.82) is 0 Å². The molecule has 6 nitrogen and oxygen atoms in total. The Morgan fingerprint density at radius 1 is 1.18 bits per heavy atom. The Kier molecular flexibility index (Phi) is 5.13. The summed E-state index contributed by atoms with van der Waals surface area (Å²) in [4.78, 5) is 38.2. The third-order valence-corrected chi connectivity index (χ3v) is 4.73. The monoisotopic (exact) mass is 387 g/mol. The Morgan fingerprint density at radius 3 is 2.50 bits per heavy atom. The van der Waals surface area contributed by atoms with Crippen molar-refractivity contribution in [2.75, 3.05) is 6.54 Å². The van der Waals surface area contributed by atoms with Gasteiger partial charge in [0.2, 0.25) is 5.91 Å². The molecule has 4 amide bonds. The molecular weight excluding hydrogens is 368 g/mol. The molecule has 0 spiro atoms. The molecule has 0 saturated carbocycles. The molecule has 2 atom stereocenters. The zero-order valence-corrected chi connectivity index (χ0v) is 15.3. The maximum Gasteiger partial charge on any atom is 0.325 e. The molecule has 2 N–H and O–H groups in total. The maximum absolute atomic E-state index is 13.8. The lowest BCUT2D eigenvalue weighted by atomic mass is 9.92. The van der Waals surface area contributed by atoms with Crippen LogP contribution in [0.15, 0.2) is 48.5 Å². The fourth-order valence-corrected chi connectivity index (χ4v) is 3.17. The van der Waals surface area contributed by atoms with Gasteiger partial charge in [0, 0.05) is 11.6 Å². The normalized spacial score (nSPS) is 20.1. The molecule has 8 heteroatoms. The summed E-state index contributed by atoms with van der Waals surface area (Å²) in [6, 6.07) is 10.3. The van der Waals surface area contributed by atoms with Gasteiger partial charge in [-0.2, -0.15) is 0 Å². The van der Waals surface area contributed by atoms with Crippen molar-refractivity contribution >= 4 is 17.8 Å². The standard InChI is InChI=1S/C20H19F2N3O3/c1-12(15-9-8-14(21)10-16(15)22)23-17(26)11-25-18(27)20(2,24-19(25)28)13-6-4-3-5-7-13/h3-10,12H,11H2,1-2H3,(H,23,26)(H,24,28)/t12-,20+/m1/s1. The summed E-state index contributed by atoms with van der Waals surface area (Å²) in [7, 11) is 0. The molecule has 0 radical (unpaired) electrons. The molecule has 0 bridgehead atoms. The lowest BCUT2D eigenvalue weighted by Crippen LogP contribution is -2.43. The van der Waals surface area contributed by atoms with Gasteiger partial charge in [0.05, 0.1) is 6.04 Å². The van der Waals surface area contributed by atoms with E-state index in [2.05, 4.69) is 10.6 Å². The number of amides is 4. The SMILES string of the molecule is C[C@@H](NC(=O)CN1C(=O)N[C@@](C)(c2ccccc2)C1=O)c1ccc(F)cc1F. The third-order valence-electron chi connectivity index (χ3n) is 4.73. The highest BCUT2D eigenvalue weighted by Gasteiger charge is 2.49. The summed E-state index contributed by atoms with van der Waals surface area (Å²) in [6.07, 6.45) is 0. The first kappa shape index (κ1) is 19.5. The van der Waals surface area contributed by atoms with Crippen LogP contribution in [-0.4, -0.2) is 29.3 Å². The predicted molar refractivity (Wildman–Crippen MR) is 97.0 cm³/mol. The Labute approximate surface area is 160 Å².